The van der Waals surface area contributed by atoms with E-state index in [1.165, 1.54) is 18.0 Å². The summed E-state index contributed by atoms with van der Waals surface area (Å²) in [5.74, 6) is 0.662. The molecular weight excluding hydrogens is 280 g/mol. The Morgan fingerprint density at radius 3 is 2.85 bits per heavy atom. The average molecular weight is 294 g/mol. The Morgan fingerprint density at radius 1 is 1.40 bits per heavy atom. The van der Waals surface area contributed by atoms with Gasteiger partial charge in [0, 0.05) is 0 Å². The second kappa shape index (κ2) is 4.59. The summed E-state index contributed by atoms with van der Waals surface area (Å²) in [6.45, 7) is 0. The van der Waals surface area contributed by atoms with Crippen molar-refractivity contribution >= 4 is 20.7 Å². The molecule has 0 saturated carbocycles. The van der Waals surface area contributed by atoms with E-state index in [4.69, 9.17) is 4.74 Å². The number of ether oxygens (including phenoxy) is 1. The minimum Gasteiger partial charge on any atom is -0.494 e. The number of para-hydroxylation sites is 1. The topological polar surface area (TPSA) is 78.3 Å². The summed E-state index contributed by atoms with van der Waals surface area (Å²) < 4.78 is 29.7. The lowest BCUT2D eigenvalue weighted by atomic mass is 10.2. The molecule has 0 bridgehead atoms. The van der Waals surface area contributed by atoms with E-state index >= 15 is 0 Å². The zero-order valence-electron chi connectivity index (χ0n) is 10.9. The molecule has 0 unspecified atom stereocenters. The Balaban J connectivity index is 2.16. The molecule has 0 aliphatic carbocycles. The number of fused-ring (bicyclic) bond motifs is 1. The van der Waals surface area contributed by atoms with Gasteiger partial charge in [-0.1, -0.05) is 6.07 Å². The number of benzene rings is 1. The zero-order valence-corrected chi connectivity index (χ0v) is 11.8. The Morgan fingerprint density at radius 2 is 2.20 bits per heavy atom. The van der Waals surface area contributed by atoms with E-state index in [0.717, 1.165) is 0 Å². The van der Waals surface area contributed by atoms with Crippen LogP contribution < -0.4 is 10.3 Å². The van der Waals surface area contributed by atoms with Crippen molar-refractivity contribution in [1.82, 2.24) is 9.55 Å². The number of sulfone groups is 1. The number of hydrogen-bond donors (Lipinski definition) is 0. The summed E-state index contributed by atoms with van der Waals surface area (Å²) >= 11 is 0. The van der Waals surface area contributed by atoms with Crippen LogP contribution in [0.25, 0.3) is 10.9 Å². The summed E-state index contributed by atoms with van der Waals surface area (Å²) in [4.78, 5) is 16.7. The lowest BCUT2D eigenvalue weighted by molar-refractivity contribution is 0.418. The van der Waals surface area contributed by atoms with Crippen molar-refractivity contribution in [1.29, 1.82) is 0 Å². The van der Waals surface area contributed by atoms with Crippen molar-refractivity contribution in [3.8, 4) is 5.75 Å². The lowest BCUT2D eigenvalue weighted by Crippen LogP contribution is -2.26. The van der Waals surface area contributed by atoms with Gasteiger partial charge in [-0.2, -0.15) is 0 Å². The molecule has 0 spiro atoms. The Kier molecular flexibility index (Phi) is 3.01. The Bertz CT molecular complexity index is 826. The molecule has 1 atom stereocenters. The quantitative estimate of drug-likeness (QED) is 0.817. The molecule has 1 saturated heterocycles. The van der Waals surface area contributed by atoms with Crippen LogP contribution in [0, 0.1) is 0 Å². The zero-order chi connectivity index (χ0) is 14.3. The standard InChI is InChI=1S/C13H14N2O4S/c1-19-11-4-2-3-10-12(11)14-8-15(13(10)16)9-5-6-20(17,18)7-9/h2-4,8-9H,5-7H2,1H3/t9-/m0/s1. The van der Waals surface area contributed by atoms with E-state index in [1.54, 1.807) is 18.2 Å². The van der Waals surface area contributed by atoms with Crippen LogP contribution in [0.4, 0.5) is 0 Å². The molecule has 2 heterocycles. The summed E-state index contributed by atoms with van der Waals surface area (Å²) in [6.07, 6.45) is 1.87. The van der Waals surface area contributed by atoms with E-state index in [9.17, 15) is 13.2 Å². The molecular formula is C13H14N2O4S. The minimum atomic E-state index is -3.04. The third-order valence-electron chi connectivity index (χ3n) is 3.60. The Labute approximate surface area is 115 Å². The molecule has 1 aromatic heterocycles. The first-order valence-electron chi connectivity index (χ1n) is 6.26. The Hall–Kier alpha value is -1.89. The SMILES string of the molecule is COc1cccc2c(=O)n([C@H]3CCS(=O)(=O)C3)cnc12. The van der Waals surface area contributed by atoms with E-state index < -0.39 is 9.84 Å². The van der Waals surface area contributed by atoms with Crippen molar-refractivity contribution in [3.05, 3.63) is 34.9 Å². The smallest absolute Gasteiger partial charge is 0.261 e. The third-order valence-corrected chi connectivity index (χ3v) is 5.35. The number of hydrogen-bond acceptors (Lipinski definition) is 5. The number of rotatable bonds is 2. The largest absolute Gasteiger partial charge is 0.494 e. The van der Waals surface area contributed by atoms with Gasteiger partial charge in [-0.05, 0) is 18.6 Å². The first-order chi connectivity index (χ1) is 9.52. The molecule has 1 aromatic carbocycles. The maximum absolute atomic E-state index is 12.5. The van der Waals surface area contributed by atoms with Gasteiger partial charge in [-0.25, -0.2) is 13.4 Å². The molecule has 1 aliphatic rings. The van der Waals surface area contributed by atoms with Crippen molar-refractivity contribution in [3.63, 3.8) is 0 Å². The second-order valence-corrected chi connectivity index (χ2v) is 7.10. The molecule has 1 aliphatic heterocycles. The van der Waals surface area contributed by atoms with Crippen LogP contribution in [-0.4, -0.2) is 36.6 Å². The minimum absolute atomic E-state index is 0.00403. The highest BCUT2D eigenvalue weighted by molar-refractivity contribution is 7.91. The van der Waals surface area contributed by atoms with Crippen LogP contribution in [-0.2, 0) is 9.84 Å². The van der Waals surface area contributed by atoms with Gasteiger partial charge < -0.3 is 4.74 Å². The van der Waals surface area contributed by atoms with Crippen LogP contribution in [0.3, 0.4) is 0 Å². The van der Waals surface area contributed by atoms with Crippen LogP contribution in [0.2, 0.25) is 0 Å². The van der Waals surface area contributed by atoms with Gasteiger partial charge in [0.05, 0.1) is 36.4 Å². The maximum atomic E-state index is 12.5. The molecule has 3 rings (SSSR count). The predicted molar refractivity (Wildman–Crippen MR) is 74.9 cm³/mol. The highest BCUT2D eigenvalue weighted by atomic mass is 32.2. The van der Waals surface area contributed by atoms with Crippen molar-refractivity contribution in [2.75, 3.05) is 18.6 Å². The predicted octanol–water partition coefficient (Wildman–Crippen LogP) is 0.765. The van der Waals surface area contributed by atoms with Gasteiger partial charge in [0.1, 0.15) is 11.3 Å². The van der Waals surface area contributed by atoms with E-state index in [-0.39, 0.29) is 23.1 Å². The molecule has 7 heteroatoms. The fraction of sp³-hybridized carbons (Fsp3) is 0.385. The average Bonchev–Trinajstić information content (AvgIpc) is 2.79. The van der Waals surface area contributed by atoms with Gasteiger partial charge in [-0.3, -0.25) is 9.36 Å². The van der Waals surface area contributed by atoms with Crippen LogP contribution in [0.15, 0.2) is 29.3 Å². The van der Waals surface area contributed by atoms with E-state index in [0.29, 0.717) is 23.1 Å². The van der Waals surface area contributed by atoms with Gasteiger partial charge in [0.2, 0.25) is 0 Å². The molecule has 2 aromatic rings. The monoisotopic (exact) mass is 294 g/mol. The molecule has 6 nitrogen and oxygen atoms in total. The van der Waals surface area contributed by atoms with Crippen LogP contribution in [0.5, 0.6) is 5.75 Å². The summed E-state index contributed by atoms with van der Waals surface area (Å²) in [6, 6.07) is 4.81. The first-order valence-corrected chi connectivity index (χ1v) is 8.08. The number of nitrogens with zero attached hydrogens (tertiary/aromatic N) is 2. The fourth-order valence-electron chi connectivity index (χ4n) is 2.56. The van der Waals surface area contributed by atoms with Gasteiger partial charge in [-0.15, -0.1) is 0 Å². The second-order valence-electron chi connectivity index (χ2n) is 4.87. The van der Waals surface area contributed by atoms with Gasteiger partial charge >= 0.3 is 0 Å². The lowest BCUT2D eigenvalue weighted by Gasteiger charge is -2.13. The van der Waals surface area contributed by atoms with Crippen molar-refractivity contribution in [2.24, 2.45) is 0 Å². The summed E-state index contributed by atoms with van der Waals surface area (Å²) in [7, 11) is -1.52. The molecule has 106 valence electrons. The molecule has 0 amide bonds. The summed E-state index contributed by atoms with van der Waals surface area (Å²) in [5.41, 5.74) is 0.271. The molecule has 0 N–H and O–H groups in total. The normalized spacial score (nSPS) is 21.1. The third kappa shape index (κ3) is 2.07. The van der Waals surface area contributed by atoms with Crippen LogP contribution >= 0.6 is 0 Å². The highest BCUT2D eigenvalue weighted by Crippen LogP contribution is 2.24. The van der Waals surface area contributed by atoms with Crippen molar-refractivity contribution in [2.45, 2.75) is 12.5 Å². The van der Waals surface area contributed by atoms with Crippen LogP contribution in [0.1, 0.15) is 12.5 Å². The molecule has 0 radical (unpaired) electrons. The fourth-order valence-corrected chi connectivity index (χ4v) is 4.27. The van der Waals surface area contributed by atoms with E-state index in [1.807, 2.05) is 0 Å². The molecule has 1 fully saturated rings. The van der Waals surface area contributed by atoms with Gasteiger partial charge in [0.15, 0.2) is 9.84 Å². The number of aromatic nitrogens is 2. The van der Waals surface area contributed by atoms with E-state index in [2.05, 4.69) is 4.98 Å². The van der Waals surface area contributed by atoms with Crippen molar-refractivity contribution < 1.29 is 13.2 Å². The first kappa shape index (κ1) is 13.1. The highest BCUT2D eigenvalue weighted by Gasteiger charge is 2.30. The molecule has 20 heavy (non-hydrogen) atoms. The van der Waals surface area contributed by atoms with Gasteiger partial charge in [0.25, 0.3) is 5.56 Å². The maximum Gasteiger partial charge on any atom is 0.261 e. The summed E-state index contributed by atoms with van der Waals surface area (Å²) in [5, 5.41) is 0.441. The number of methoxy groups -OCH3 is 1.